The molecule has 1 fully saturated rings. The number of hydrogen-bond acceptors (Lipinski definition) is 2. The summed E-state index contributed by atoms with van der Waals surface area (Å²) in [7, 11) is 0. The predicted molar refractivity (Wildman–Crippen MR) is 50.9 cm³/mol. The Morgan fingerprint density at radius 1 is 1.38 bits per heavy atom. The van der Waals surface area contributed by atoms with E-state index in [1.165, 1.54) is 5.56 Å². The Morgan fingerprint density at radius 3 is 2.69 bits per heavy atom. The molecule has 0 aromatic heterocycles. The smallest absolute Gasteiger partial charge is 0.125 e. The van der Waals surface area contributed by atoms with E-state index in [1.54, 1.807) is 0 Å². The summed E-state index contributed by atoms with van der Waals surface area (Å²) >= 11 is 0. The molecule has 1 aliphatic heterocycles. The molecule has 2 atom stereocenters. The first kappa shape index (κ1) is 8.57. The van der Waals surface area contributed by atoms with Gasteiger partial charge in [-0.1, -0.05) is 18.2 Å². The zero-order chi connectivity index (χ0) is 9.26. The molecule has 2 rings (SSSR count). The van der Waals surface area contributed by atoms with Crippen molar-refractivity contribution in [1.29, 1.82) is 0 Å². The van der Waals surface area contributed by atoms with E-state index in [4.69, 9.17) is 9.47 Å². The standard InChI is InChI=1S/C11H14O2/c1-3-12-10-7-5-4-6-9(10)11-8(2)13-11/h4-8,11H,3H2,1-2H3. The number of ether oxygens (including phenoxy) is 2. The van der Waals surface area contributed by atoms with Gasteiger partial charge >= 0.3 is 0 Å². The van der Waals surface area contributed by atoms with Crippen LogP contribution in [0.5, 0.6) is 5.75 Å². The van der Waals surface area contributed by atoms with Crippen molar-refractivity contribution in [3.05, 3.63) is 29.8 Å². The molecule has 0 radical (unpaired) electrons. The molecule has 0 aliphatic carbocycles. The number of para-hydroxylation sites is 1. The van der Waals surface area contributed by atoms with Crippen molar-refractivity contribution >= 4 is 0 Å². The Morgan fingerprint density at radius 2 is 2.08 bits per heavy atom. The van der Waals surface area contributed by atoms with E-state index in [1.807, 2.05) is 25.1 Å². The van der Waals surface area contributed by atoms with Gasteiger partial charge in [0, 0.05) is 5.56 Å². The van der Waals surface area contributed by atoms with E-state index in [-0.39, 0.29) is 6.10 Å². The highest BCUT2D eigenvalue weighted by Gasteiger charge is 2.37. The van der Waals surface area contributed by atoms with E-state index in [0.717, 1.165) is 5.75 Å². The molecular formula is C11H14O2. The van der Waals surface area contributed by atoms with Crippen molar-refractivity contribution in [2.45, 2.75) is 26.1 Å². The average Bonchev–Trinajstić information content (AvgIpc) is 2.84. The maximum atomic E-state index is 5.51. The molecule has 13 heavy (non-hydrogen) atoms. The highest BCUT2D eigenvalue weighted by Crippen LogP contribution is 2.42. The Balaban J connectivity index is 2.22. The van der Waals surface area contributed by atoms with Gasteiger partial charge in [-0.25, -0.2) is 0 Å². The van der Waals surface area contributed by atoms with Crippen LogP contribution < -0.4 is 4.74 Å². The Kier molecular flexibility index (Phi) is 2.23. The molecule has 1 saturated heterocycles. The SMILES string of the molecule is CCOc1ccccc1C1OC1C. The number of hydrogen-bond donors (Lipinski definition) is 0. The monoisotopic (exact) mass is 178 g/mol. The molecule has 2 nitrogen and oxygen atoms in total. The normalized spacial score (nSPS) is 25.7. The molecule has 1 aromatic carbocycles. The third-order valence-corrected chi connectivity index (χ3v) is 2.24. The zero-order valence-electron chi connectivity index (χ0n) is 7.99. The third kappa shape index (κ3) is 1.68. The van der Waals surface area contributed by atoms with Crippen molar-refractivity contribution in [1.82, 2.24) is 0 Å². The summed E-state index contributed by atoms with van der Waals surface area (Å²) in [6.45, 7) is 4.78. The number of epoxide rings is 1. The minimum absolute atomic E-state index is 0.253. The lowest BCUT2D eigenvalue weighted by Gasteiger charge is -2.07. The summed E-state index contributed by atoms with van der Waals surface area (Å²) < 4.78 is 10.9. The summed E-state index contributed by atoms with van der Waals surface area (Å²) in [5, 5.41) is 0. The zero-order valence-corrected chi connectivity index (χ0v) is 7.99. The van der Waals surface area contributed by atoms with Crippen LogP contribution in [-0.4, -0.2) is 12.7 Å². The summed E-state index contributed by atoms with van der Waals surface area (Å²) in [6.07, 6.45) is 0.601. The topological polar surface area (TPSA) is 21.8 Å². The van der Waals surface area contributed by atoms with Gasteiger partial charge < -0.3 is 9.47 Å². The second-order valence-corrected chi connectivity index (χ2v) is 3.23. The van der Waals surface area contributed by atoms with E-state index in [2.05, 4.69) is 13.0 Å². The van der Waals surface area contributed by atoms with Crippen molar-refractivity contribution in [2.75, 3.05) is 6.61 Å². The van der Waals surface area contributed by atoms with E-state index < -0.39 is 0 Å². The quantitative estimate of drug-likeness (QED) is 0.663. The van der Waals surface area contributed by atoms with Gasteiger partial charge in [-0.15, -0.1) is 0 Å². The average molecular weight is 178 g/mol. The van der Waals surface area contributed by atoms with Crippen LogP contribution in [0.2, 0.25) is 0 Å². The van der Waals surface area contributed by atoms with Gasteiger partial charge in [0.2, 0.25) is 0 Å². The third-order valence-electron chi connectivity index (χ3n) is 2.24. The van der Waals surface area contributed by atoms with Crippen molar-refractivity contribution in [3.8, 4) is 5.75 Å². The second kappa shape index (κ2) is 3.38. The molecule has 0 amide bonds. The van der Waals surface area contributed by atoms with Crippen LogP contribution >= 0.6 is 0 Å². The van der Waals surface area contributed by atoms with Crippen molar-refractivity contribution < 1.29 is 9.47 Å². The largest absolute Gasteiger partial charge is 0.493 e. The summed E-state index contributed by atoms with van der Waals surface area (Å²) in [5.74, 6) is 0.958. The summed E-state index contributed by atoms with van der Waals surface area (Å²) in [5.41, 5.74) is 1.18. The predicted octanol–water partition coefficient (Wildman–Crippen LogP) is 2.55. The van der Waals surface area contributed by atoms with E-state index >= 15 is 0 Å². The molecule has 1 aromatic rings. The van der Waals surface area contributed by atoms with Gasteiger partial charge in [-0.3, -0.25) is 0 Å². The molecule has 1 heterocycles. The van der Waals surface area contributed by atoms with E-state index in [9.17, 15) is 0 Å². The second-order valence-electron chi connectivity index (χ2n) is 3.23. The first-order valence-electron chi connectivity index (χ1n) is 4.70. The fourth-order valence-corrected chi connectivity index (χ4v) is 1.51. The van der Waals surface area contributed by atoms with Crippen molar-refractivity contribution in [3.63, 3.8) is 0 Å². The summed E-state index contributed by atoms with van der Waals surface area (Å²) in [6, 6.07) is 8.07. The van der Waals surface area contributed by atoms with Crippen molar-refractivity contribution in [2.24, 2.45) is 0 Å². The molecule has 0 N–H and O–H groups in total. The van der Waals surface area contributed by atoms with Crippen LogP contribution in [0.15, 0.2) is 24.3 Å². The summed E-state index contributed by atoms with van der Waals surface area (Å²) in [4.78, 5) is 0. The van der Waals surface area contributed by atoms with Gasteiger partial charge in [-0.2, -0.15) is 0 Å². The fourth-order valence-electron chi connectivity index (χ4n) is 1.51. The molecule has 2 unspecified atom stereocenters. The first-order chi connectivity index (χ1) is 6.33. The lowest BCUT2D eigenvalue weighted by Crippen LogP contribution is -1.96. The number of benzene rings is 1. The maximum absolute atomic E-state index is 5.51. The minimum atomic E-state index is 0.253. The maximum Gasteiger partial charge on any atom is 0.125 e. The van der Waals surface area contributed by atoms with Gasteiger partial charge in [0.25, 0.3) is 0 Å². The Hall–Kier alpha value is -1.02. The lowest BCUT2D eigenvalue weighted by molar-refractivity contribution is 0.327. The molecule has 0 bridgehead atoms. The van der Waals surface area contributed by atoms with Gasteiger partial charge in [-0.05, 0) is 19.9 Å². The molecule has 0 saturated carbocycles. The van der Waals surface area contributed by atoms with Crippen LogP contribution in [0.1, 0.15) is 25.5 Å². The van der Waals surface area contributed by atoms with Crippen LogP contribution in [0, 0.1) is 0 Å². The first-order valence-corrected chi connectivity index (χ1v) is 4.70. The number of rotatable bonds is 3. The van der Waals surface area contributed by atoms with Crippen LogP contribution in [0.4, 0.5) is 0 Å². The van der Waals surface area contributed by atoms with Crippen LogP contribution in [0.3, 0.4) is 0 Å². The Bertz CT molecular complexity index is 296. The molecule has 2 heteroatoms. The Labute approximate surface area is 78.5 Å². The fraction of sp³-hybridized carbons (Fsp3) is 0.455. The van der Waals surface area contributed by atoms with Gasteiger partial charge in [0.15, 0.2) is 0 Å². The molecule has 0 spiro atoms. The van der Waals surface area contributed by atoms with E-state index in [0.29, 0.717) is 12.7 Å². The highest BCUT2D eigenvalue weighted by molar-refractivity contribution is 5.37. The van der Waals surface area contributed by atoms with Gasteiger partial charge in [0.1, 0.15) is 11.9 Å². The lowest BCUT2D eigenvalue weighted by atomic mass is 10.1. The molecule has 70 valence electrons. The van der Waals surface area contributed by atoms with Crippen LogP contribution in [-0.2, 0) is 4.74 Å². The highest BCUT2D eigenvalue weighted by atomic mass is 16.6. The minimum Gasteiger partial charge on any atom is -0.493 e. The molecular weight excluding hydrogens is 164 g/mol. The van der Waals surface area contributed by atoms with Gasteiger partial charge in [0.05, 0.1) is 12.7 Å². The van der Waals surface area contributed by atoms with Crippen LogP contribution in [0.25, 0.3) is 0 Å². The molecule has 1 aliphatic rings.